The summed E-state index contributed by atoms with van der Waals surface area (Å²) in [6, 6.07) is 4.07. The van der Waals surface area contributed by atoms with E-state index in [4.69, 9.17) is 0 Å². The monoisotopic (exact) mass is 667 g/mol. The van der Waals surface area contributed by atoms with Gasteiger partial charge in [0.15, 0.2) is 9.84 Å². The Morgan fingerprint density at radius 2 is 1.56 bits per heavy atom. The minimum atomic E-state index is -6.37. The molecule has 15 heteroatoms. The Hall–Kier alpha value is -3.23. The lowest BCUT2D eigenvalue weighted by Crippen LogP contribution is -2.54. The molecule has 1 N–H and O–H groups in total. The first-order chi connectivity index (χ1) is 20.8. The summed E-state index contributed by atoms with van der Waals surface area (Å²) in [4.78, 5) is 26.4. The van der Waals surface area contributed by atoms with E-state index in [2.05, 4.69) is 0 Å². The molecule has 45 heavy (non-hydrogen) atoms. The number of nitrogens with zero attached hydrogens (tertiary/aromatic N) is 1. The number of fused-ring (bicyclic) bond motifs is 3. The van der Waals surface area contributed by atoms with Crippen molar-refractivity contribution in [3.63, 3.8) is 0 Å². The van der Waals surface area contributed by atoms with E-state index in [9.17, 15) is 58.2 Å². The molecule has 1 unspecified atom stereocenters. The minimum absolute atomic E-state index is 0.128. The third-order valence-corrected chi connectivity index (χ3v) is 12.3. The van der Waals surface area contributed by atoms with Gasteiger partial charge >= 0.3 is 24.0 Å². The molecule has 2 fully saturated rings. The van der Waals surface area contributed by atoms with Crippen LogP contribution >= 0.6 is 0 Å². The van der Waals surface area contributed by atoms with Gasteiger partial charge in [0.25, 0.3) is 0 Å². The fourth-order valence-electron chi connectivity index (χ4n) is 7.54. The zero-order valence-corrected chi connectivity index (χ0v) is 24.6. The van der Waals surface area contributed by atoms with Crippen LogP contribution in [0.1, 0.15) is 55.7 Å². The normalized spacial score (nSPS) is 27.5. The summed E-state index contributed by atoms with van der Waals surface area (Å²) in [5.41, 5.74) is -7.87. The van der Waals surface area contributed by atoms with Crippen LogP contribution in [0.5, 0.6) is 0 Å². The second-order valence-electron chi connectivity index (χ2n) is 12.1. The van der Waals surface area contributed by atoms with Gasteiger partial charge in [-0.15, -0.1) is 0 Å². The number of rotatable bonds is 5. The minimum Gasteiger partial charge on any atom is -0.481 e. The van der Waals surface area contributed by atoms with Crippen molar-refractivity contribution in [1.82, 2.24) is 4.90 Å². The summed E-state index contributed by atoms with van der Waals surface area (Å²) in [5.74, 6) is -3.81. The predicted molar refractivity (Wildman–Crippen MR) is 143 cm³/mol. The first-order valence-corrected chi connectivity index (χ1v) is 15.8. The van der Waals surface area contributed by atoms with Gasteiger partial charge in [-0.25, -0.2) is 17.2 Å². The smallest absolute Gasteiger partial charge is 0.435 e. The molecule has 5 atom stereocenters. The van der Waals surface area contributed by atoms with Crippen LogP contribution < -0.4 is 0 Å². The molecule has 1 saturated heterocycles. The average molecular weight is 668 g/mol. The lowest BCUT2D eigenvalue weighted by atomic mass is 9.74. The Balaban J connectivity index is 1.62. The second-order valence-corrected chi connectivity index (χ2v) is 14.3. The summed E-state index contributed by atoms with van der Waals surface area (Å²) >= 11 is 0. The number of hydrogen-bond donors (Lipinski definition) is 1. The van der Waals surface area contributed by atoms with Crippen LogP contribution in [0.15, 0.2) is 47.4 Å². The maximum absolute atomic E-state index is 15.0. The second kappa shape index (κ2) is 10.9. The van der Waals surface area contributed by atoms with Gasteiger partial charge < -0.3 is 10.0 Å². The Morgan fingerprint density at radius 1 is 0.933 bits per heavy atom. The maximum Gasteiger partial charge on any atom is 0.435 e. The molecular weight excluding hydrogens is 638 g/mol. The Bertz CT molecular complexity index is 1590. The van der Waals surface area contributed by atoms with Gasteiger partial charge in [0.05, 0.1) is 16.9 Å². The molecule has 2 aromatic carbocycles. The number of aryl methyl sites for hydroxylation is 1. The third-order valence-electron chi connectivity index (χ3n) is 9.79. The number of hydrogen-bond acceptors (Lipinski definition) is 4. The van der Waals surface area contributed by atoms with Crippen LogP contribution in [-0.2, 0) is 36.3 Å². The maximum atomic E-state index is 15.0. The van der Waals surface area contributed by atoms with E-state index >= 15 is 0 Å². The van der Waals surface area contributed by atoms with Crippen molar-refractivity contribution >= 4 is 21.7 Å². The first kappa shape index (κ1) is 33.1. The van der Waals surface area contributed by atoms with E-state index in [1.807, 2.05) is 0 Å². The number of amides is 1. The molecule has 1 aliphatic heterocycles. The highest BCUT2D eigenvalue weighted by Gasteiger charge is 2.74. The zero-order chi connectivity index (χ0) is 33.3. The van der Waals surface area contributed by atoms with Crippen LogP contribution in [0.3, 0.4) is 0 Å². The van der Waals surface area contributed by atoms with Crippen molar-refractivity contribution < 1.29 is 58.2 Å². The topological polar surface area (TPSA) is 91.8 Å². The number of carboxylic acid groups (broad SMARTS) is 1. The number of alkyl halides is 7. The van der Waals surface area contributed by atoms with Gasteiger partial charge in [-0.05, 0) is 79.8 Å². The first-order valence-electron chi connectivity index (χ1n) is 14.3. The third kappa shape index (κ3) is 4.99. The summed E-state index contributed by atoms with van der Waals surface area (Å²) in [5, 5.41) is 9.47. The number of sulfone groups is 1. The van der Waals surface area contributed by atoms with Crippen molar-refractivity contribution in [2.45, 2.75) is 79.2 Å². The zero-order valence-electron chi connectivity index (χ0n) is 23.8. The molecule has 2 aromatic rings. The van der Waals surface area contributed by atoms with Crippen molar-refractivity contribution in [1.29, 1.82) is 0 Å². The van der Waals surface area contributed by atoms with E-state index in [1.54, 1.807) is 6.92 Å². The molecule has 246 valence electrons. The van der Waals surface area contributed by atoms with E-state index in [-0.39, 0.29) is 73.1 Å². The largest absolute Gasteiger partial charge is 0.481 e. The molecule has 1 saturated carbocycles. The van der Waals surface area contributed by atoms with Gasteiger partial charge in [-0.1, -0.05) is 25.1 Å². The summed E-state index contributed by atoms with van der Waals surface area (Å²) in [6.45, 7) is 1.57. The number of carbonyl (C=O) groups excluding carboxylic acids is 1. The van der Waals surface area contributed by atoms with Crippen LogP contribution in [0.25, 0.3) is 0 Å². The fourth-order valence-corrected chi connectivity index (χ4v) is 9.91. The van der Waals surface area contributed by atoms with Gasteiger partial charge in [0, 0.05) is 18.0 Å². The van der Waals surface area contributed by atoms with Crippen molar-refractivity contribution in [2.24, 2.45) is 17.8 Å². The fraction of sp³-hybridized carbons (Fsp3) is 0.533. The standard InChI is InChI=1S/C30H29F8NO5S/c1-16-14-18(2-9-22(16)26(41)42)25(40)39-13-12-27(45(43,44)21-7-5-20(31)6-8-21)23-10-4-19(15-17(23)3-11-24(27)39)28(32,29(33,34)35)30(36,37)38/h4-8,10,15-16,18,22,24H,2-3,9,11-14H2,1H3,(H,41,42)/t16-,18?,22+,24+,27+/m0/s1. The average Bonchev–Trinajstić information content (AvgIpc) is 3.36. The van der Waals surface area contributed by atoms with E-state index < -0.39 is 73.7 Å². The molecule has 6 nitrogen and oxygen atoms in total. The Kier molecular flexibility index (Phi) is 8.06. The molecule has 5 rings (SSSR count). The molecule has 0 aromatic heterocycles. The lowest BCUT2D eigenvalue weighted by molar-refractivity contribution is -0.348. The van der Waals surface area contributed by atoms with Crippen molar-refractivity contribution in [2.75, 3.05) is 6.54 Å². The molecule has 3 aliphatic rings. The van der Waals surface area contributed by atoms with Crippen LogP contribution in [0.2, 0.25) is 0 Å². The van der Waals surface area contributed by atoms with Gasteiger partial charge in [0.2, 0.25) is 5.91 Å². The van der Waals surface area contributed by atoms with Gasteiger partial charge in [0.1, 0.15) is 10.6 Å². The summed E-state index contributed by atoms with van der Waals surface area (Å²) in [6.07, 6.45) is -12.8. The van der Waals surface area contributed by atoms with Crippen molar-refractivity contribution in [3.8, 4) is 0 Å². The summed E-state index contributed by atoms with van der Waals surface area (Å²) < 4.78 is 137. The highest BCUT2D eigenvalue weighted by atomic mass is 32.2. The molecule has 0 bridgehead atoms. The Labute approximate surface area is 253 Å². The number of aliphatic carboxylic acids is 1. The number of carbonyl (C=O) groups is 2. The highest BCUT2D eigenvalue weighted by Crippen LogP contribution is 2.57. The quantitative estimate of drug-likeness (QED) is 0.292. The molecule has 2 aliphatic carbocycles. The summed E-state index contributed by atoms with van der Waals surface area (Å²) in [7, 11) is -4.60. The number of carboxylic acids is 1. The highest BCUT2D eigenvalue weighted by molar-refractivity contribution is 7.92. The van der Waals surface area contributed by atoms with Crippen LogP contribution in [0, 0.1) is 23.6 Å². The molecule has 0 radical (unpaired) electrons. The van der Waals surface area contributed by atoms with E-state index in [0.717, 1.165) is 30.3 Å². The number of likely N-dealkylation sites (tertiary alicyclic amines) is 1. The SMILES string of the molecule is C[C@H]1CC(C(=O)N2CC[C@@]3(S(=O)(=O)c4ccc(F)cc4)c4ccc(C(F)(C(F)(F)F)C(F)(F)F)cc4CC[C@@H]23)CC[C@H]1C(=O)O. The lowest BCUT2D eigenvalue weighted by Gasteiger charge is -2.44. The number of benzene rings is 2. The predicted octanol–water partition coefficient (Wildman–Crippen LogP) is 6.47. The van der Waals surface area contributed by atoms with Crippen molar-refractivity contribution in [3.05, 3.63) is 65.0 Å². The van der Waals surface area contributed by atoms with Crippen LogP contribution in [0.4, 0.5) is 35.1 Å². The molecule has 1 amide bonds. The molecule has 1 heterocycles. The van der Waals surface area contributed by atoms with E-state index in [0.29, 0.717) is 6.07 Å². The number of halogens is 8. The molecule has 0 spiro atoms. The Morgan fingerprint density at radius 3 is 2.11 bits per heavy atom. The van der Waals surface area contributed by atoms with Gasteiger partial charge in [-0.2, -0.15) is 26.3 Å². The van der Waals surface area contributed by atoms with E-state index in [1.165, 1.54) is 4.90 Å². The van der Waals surface area contributed by atoms with Crippen LogP contribution in [-0.4, -0.2) is 55.2 Å². The van der Waals surface area contributed by atoms with Gasteiger partial charge in [-0.3, -0.25) is 9.59 Å². The molecular formula is C30H29F8NO5S.